The van der Waals surface area contributed by atoms with Gasteiger partial charge in [0.05, 0.1) is 6.61 Å². The fourth-order valence-electron chi connectivity index (χ4n) is 1.66. The summed E-state index contributed by atoms with van der Waals surface area (Å²) in [6, 6.07) is 10.2. The molecule has 1 unspecified atom stereocenters. The van der Waals surface area contributed by atoms with Crippen LogP contribution in [0.1, 0.15) is 25.8 Å². The highest BCUT2D eigenvalue weighted by Crippen LogP contribution is 2.15. The lowest BCUT2D eigenvalue weighted by Crippen LogP contribution is -2.49. The molecule has 17 heavy (non-hydrogen) atoms. The molecule has 0 aromatic heterocycles. The van der Waals surface area contributed by atoms with Gasteiger partial charge in [-0.2, -0.15) is 0 Å². The van der Waals surface area contributed by atoms with Gasteiger partial charge in [0.2, 0.25) is 0 Å². The van der Waals surface area contributed by atoms with Gasteiger partial charge in [0, 0.05) is 0 Å². The molecule has 0 saturated heterocycles. The molecule has 0 bridgehead atoms. The van der Waals surface area contributed by atoms with Gasteiger partial charge in [0.15, 0.2) is 0 Å². The molecule has 0 radical (unpaired) electrons. The fourth-order valence-corrected chi connectivity index (χ4v) is 1.66. The van der Waals surface area contributed by atoms with Crippen molar-refractivity contribution in [3.05, 3.63) is 35.9 Å². The molecule has 1 atom stereocenters. The Morgan fingerprint density at radius 2 is 2.00 bits per heavy atom. The Labute approximate surface area is 103 Å². The Kier molecular flexibility index (Phi) is 5.16. The van der Waals surface area contributed by atoms with Gasteiger partial charge in [-0.15, -0.1) is 0 Å². The van der Waals surface area contributed by atoms with E-state index in [1.54, 1.807) is 7.05 Å². The van der Waals surface area contributed by atoms with Crippen LogP contribution >= 0.6 is 0 Å². The molecule has 1 rings (SSSR count). The molecule has 1 N–H and O–H groups in total. The maximum Gasteiger partial charge on any atom is 0.326 e. The van der Waals surface area contributed by atoms with E-state index >= 15 is 0 Å². The standard InChI is InChI=1S/C14H21NO2/c1-4-17-13(16)14(2,15-3)11-10-12-8-6-5-7-9-12/h5-9,15H,4,10-11H2,1-3H3. The maximum atomic E-state index is 11.8. The first-order valence-electron chi connectivity index (χ1n) is 6.02. The Morgan fingerprint density at radius 1 is 1.35 bits per heavy atom. The zero-order valence-corrected chi connectivity index (χ0v) is 10.8. The average molecular weight is 235 g/mol. The van der Waals surface area contributed by atoms with Crippen LogP contribution in [0.3, 0.4) is 0 Å². The van der Waals surface area contributed by atoms with Crippen molar-refractivity contribution in [2.75, 3.05) is 13.7 Å². The van der Waals surface area contributed by atoms with Gasteiger partial charge in [-0.25, -0.2) is 0 Å². The van der Waals surface area contributed by atoms with Gasteiger partial charge in [0.1, 0.15) is 5.54 Å². The molecule has 0 amide bonds. The van der Waals surface area contributed by atoms with Gasteiger partial charge in [-0.1, -0.05) is 30.3 Å². The van der Waals surface area contributed by atoms with Crippen molar-refractivity contribution in [1.29, 1.82) is 0 Å². The molecule has 0 spiro atoms. The summed E-state index contributed by atoms with van der Waals surface area (Å²) in [5, 5.41) is 3.06. The SMILES string of the molecule is CCOC(=O)C(C)(CCc1ccccc1)NC. The summed E-state index contributed by atoms with van der Waals surface area (Å²) in [5.41, 5.74) is 0.629. The lowest BCUT2D eigenvalue weighted by Gasteiger charge is -2.26. The van der Waals surface area contributed by atoms with E-state index in [-0.39, 0.29) is 5.97 Å². The number of carbonyl (C=O) groups is 1. The quantitative estimate of drug-likeness (QED) is 0.768. The van der Waals surface area contributed by atoms with Crippen LogP contribution in [-0.2, 0) is 16.0 Å². The minimum atomic E-state index is -0.605. The van der Waals surface area contributed by atoms with Gasteiger partial charge in [-0.3, -0.25) is 4.79 Å². The minimum absolute atomic E-state index is 0.182. The molecule has 0 fully saturated rings. The third kappa shape index (κ3) is 3.86. The number of likely N-dealkylation sites (N-methyl/N-ethyl adjacent to an activating group) is 1. The number of hydrogen-bond acceptors (Lipinski definition) is 3. The van der Waals surface area contributed by atoms with E-state index in [2.05, 4.69) is 17.4 Å². The van der Waals surface area contributed by atoms with E-state index in [9.17, 15) is 4.79 Å². The van der Waals surface area contributed by atoms with Crippen LogP contribution in [-0.4, -0.2) is 25.2 Å². The molecule has 1 aromatic carbocycles. The van der Waals surface area contributed by atoms with Gasteiger partial charge < -0.3 is 10.1 Å². The van der Waals surface area contributed by atoms with Gasteiger partial charge in [0.25, 0.3) is 0 Å². The van der Waals surface area contributed by atoms with E-state index in [4.69, 9.17) is 4.74 Å². The van der Waals surface area contributed by atoms with E-state index in [1.807, 2.05) is 32.0 Å². The van der Waals surface area contributed by atoms with Crippen LogP contribution in [0.25, 0.3) is 0 Å². The second-order valence-corrected chi connectivity index (χ2v) is 4.29. The van der Waals surface area contributed by atoms with Crippen molar-refractivity contribution in [3.8, 4) is 0 Å². The van der Waals surface area contributed by atoms with Crippen molar-refractivity contribution in [2.24, 2.45) is 0 Å². The smallest absolute Gasteiger partial charge is 0.326 e. The second-order valence-electron chi connectivity index (χ2n) is 4.29. The first-order valence-corrected chi connectivity index (χ1v) is 6.02. The molecule has 94 valence electrons. The number of esters is 1. The topological polar surface area (TPSA) is 38.3 Å². The maximum absolute atomic E-state index is 11.8. The Bertz CT molecular complexity index is 350. The van der Waals surface area contributed by atoms with Crippen LogP contribution in [0, 0.1) is 0 Å². The lowest BCUT2D eigenvalue weighted by atomic mass is 9.93. The van der Waals surface area contributed by atoms with Gasteiger partial charge >= 0.3 is 5.97 Å². The summed E-state index contributed by atoms with van der Waals surface area (Å²) in [7, 11) is 1.79. The van der Waals surface area contributed by atoms with Crippen molar-refractivity contribution >= 4 is 5.97 Å². The summed E-state index contributed by atoms with van der Waals surface area (Å²) in [5.74, 6) is -0.182. The second kappa shape index (κ2) is 6.40. The number of aryl methyl sites for hydroxylation is 1. The van der Waals surface area contributed by atoms with Crippen LogP contribution < -0.4 is 5.32 Å². The largest absolute Gasteiger partial charge is 0.465 e. The Morgan fingerprint density at radius 3 is 2.53 bits per heavy atom. The fraction of sp³-hybridized carbons (Fsp3) is 0.500. The highest BCUT2D eigenvalue weighted by atomic mass is 16.5. The molecular formula is C14H21NO2. The van der Waals surface area contributed by atoms with Crippen LogP contribution in [0.15, 0.2) is 30.3 Å². The number of benzene rings is 1. The minimum Gasteiger partial charge on any atom is -0.465 e. The van der Waals surface area contributed by atoms with Crippen molar-refractivity contribution in [1.82, 2.24) is 5.32 Å². The van der Waals surface area contributed by atoms with E-state index in [1.165, 1.54) is 5.56 Å². The molecule has 0 aliphatic rings. The van der Waals surface area contributed by atoms with Crippen molar-refractivity contribution < 1.29 is 9.53 Å². The third-order valence-electron chi connectivity index (χ3n) is 3.03. The molecular weight excluding hydrogens is 214 g/mol. The van der Waals surface area contributed by atoms with Crippen LogP contribution in [0.5, 0.6) is 0 Å². The Hall–Kier alpha value is -1.35. The number of carbonyl (C=O) groups excluding carboxylic acids is 1. The first-order chi connectivity index (χ1) is 8.12. The normalized spacial score (nSPS) is 14.1. The molecule has 0 aliphatic carbocycles. The number of ether oxygens (including phenoxy) is 1. The van der Waals surface area contributed by atoms with Crippen LogP contribution in [0.4, 0.5) is 0 Å². The van der Waals surface area contributed by atoms with E-state index < -0.39 is 5.54 Å². The summed E-state index contributed by atoms with van der Waals surface area (Å²) in [6.45, 7) is 4.13. The monoisotopic (exact) mass is 235 g/mol. The van der Waals surface area contributed by atoms with Crippen molar-refractivity contribution in [2.45, 2.75) is 32.2 Å². The van der Waals surface area contributed by atoms with Gasteiger partial charge in [-0.05, 0) is 39.3 Å². The summed E-state index contributed by atoms with van der Waals surface area (Å²) < 4.78 is 5.08. The number of nitrogens with one attached hydrogen (secondary N) is 1. The van der Waals surface area contributed by atoms with E-state index in [0.717, 1.165) is 12.8 Å². The number of hydrogen-bond donors (Lipinski definition) is 1. The molecule has 1 aromatic rings. The van der Waals surface area contributed by atoms with E-state index in [0.29, 0.717) is 6.61 Å². The van der Waals surface area contributed by atoms with Crippen molar-refractivity contribution in [3.63, 3.8) is 0 Å². The summed E-state index contributed by atoms with van der Waals surface area (Å²) in [6.07, 6.45) is 1.59. The average Bonchev–Trinajstić information content (AvgIpc) is 2.37. The number of rotatable bonds is 6. The Balaban J connectivity index is 2.60. The third-order valence-corrected chi connectivity index (χ3v) is 3.03. The molecule has 0 aliphatic heterocycles. The molecule has 3 heteroatoms. The predicted octanol–water partition coefficient (Wildman–Crippen LogP) is 2.16. The lowest BCUT2D eigenvalue weighted by molar-refractivity contribution is -0.150. The zero-order valence-electron chi connectivity index (χ0n) is 10.8. The molecule has 3 nitrogen and oxygen atoms in total. The first kappa shape index (κ1) is 13.7. The summed E-state index contributed by atoms with van der Waals surface area (Å²) in [4.78, 5) is 11.8. The predicted molar refractivity (Wildman–Crippen MR) is 68.9 cm³/mol. The molecule has 0 heterocycles. The highest BCUT2D eigenvalue weighted by Gasteiger charge is 2.32. The van der Waals surface area contributed by atoms with Crippen LogP contribution in [0.2, 0.25) is 0 Å². The zero-order chi connectivity index (χ0) is 12.7. The molecule has 0 saturated carbocycles. The summed E-state index contributed by atoms with van der Waals surface area (Å²) >= 11 is 0. The highest BCUT2D eigenvalue weighted by molar-refractivity contribution is 5.80.